The Morgan fingerprint density at radius 3 is 2.90 bits per heavy atom. The van der Waals surface area contributed by atoms with Crippen molar-refractivity contribution in [3.05, 3.63) is 43.8 Å². The molecule has 0 atom stereocenters. The minimum absolute atomic E-state index is 0.0159. The molecule has 0 radical (unpaired) electrons. The Hall–Kier alpha value is -1.40. The van der Waals surface area contributed by atoms with Crippen LogP contribution in [0.2, 0.25) is 0 Å². The highest BCUT2D eigenvalue weighted by Crippen LogP contribution is 2.30. The third kappa shape index (κ3) is 3.11. The van der Waals surface area contributed by atoms with Gasteiger partial charge in [-0.15, -0.1) is 11.3 Å². The fourth-order valence-corrected chi connectivity index (χ4v) is 3.86. The van der Waals surface area contributed by atoms with E-state index < -0.39 is 0 Å². The van der Waals surface area contributed by atoms with E-state index in [1.807, 2.05) is 13.0 Å². The summed E-state index contributed by atoms with van der Waals surface area (Å²) in [5.74, 6) is -0.296. The van der Waals surface area contributed by atoms with Gasteiger partial charge in [-0.05, 0) is 53.0 Å². The molecule has 1 aliphatic heterocycles. The number of halogens is 2. The second kappa shape index (κ2) is 5.77. The summed E-state index contributed by atoms with van der Waals surface area (Å²) < 4.78 is 15.2. The summed E-state index contributed by atoms with van der Waals surface area (Å²) in [5, 5.41) is 5.89. The molecule has 0 bridgehead atoms. The van der Waals surface area contributed by atoms with Gasteiger partial charge in [-0.2, -0.15) is 0 Å². The Morgan fingerprint density at radius 2 is 2.19 bits per heavy atom. The van der Waals surface area contributed by atoms with Crippen molar-refractivity contribution in [2.75, 3.05) is 10.6 Å². The van der Waals surface area contributed by atoms with Crippen LogP contribution in [0.5, 0.6) is 0 Å². The van der Waals surface area contributed by atoms with Gasteiger partial charge in [0.05, 0.1) is 5.69 Å². The van der Waals surface area contributed by atoms with Crippen LogP contribution < -0.4 is 10.6 Å². The van der Waals surface area contributed by atoms with Gasteiger partial charge in [-0.3, -0.25) is 4.79 Å². The number of carbonyl (C=O) groups is 1. The largest absolute Gasteiger partial charge is 0.378 e. The van der Waals surface area contributed by atoms with E-state index in [2.05, 4.69) is 26.6 Å². The van der Waals surface area contributed by atoms with Gasteiger partial charge in [0.1, 0.15) is 5.82 Å². The Labute approximate surface area is 134 Å². The summed E-state index contributed by atoms with van der Waals surface area (Å²) in [4.78, 5) is 13.7. The van der Waals surface area contributed by atoms with E-state index in [0.29, 0.717) is 30.8 Å². The second-order valence-electron chi connectivity index (χ2n) is 5.01. The number of rotatable bonds is 3. The molecule has 6 heteroatoms. The van der Waals surface area contributed by atoms with Gasteiger partial charge in [-0.1, -0.05) is 0 Å². The molecule has 1 amide bonds. The zero-order chi connectivity index (χ0) is 15.0. The number of amides is 1. The lowest BCUT2D eigenvalue weighted by molar-refractivity contribution is -0.116. The van der Waals surface area contributed by atoms with Crippen molar-refractivity contribution >= 4 is 44.5 Å². The maximum Gasteiger partial charge on any atom is 0.224 e. The number of hydrogen-bond donors (Lipinski definition) is 2. The van der Waals surface area contributed by atoms with E-state index in [4.69, 9.17) is 0 Å². The van der Waals surface area contributed by atoms with E-state index in [1.54, 1.807) is 17.4 Å². The summed E-state index contributed by atoms with van der Waals surface area (Å²) >= 11 is 5.14. The van der Waals surface area contributed by atoms with Gasteiger partial charge in [0.25, 0.3) is 0 Å². The monoisotopic (exact) mass is 368 g/mol. The van der Waals surface area contributed by atoms with Crippen molar-refractivity contribution < 1.29 is 9.18 Å². The first kappa shape index (κ1) is 14.5. The minimum atomic E-state index is -0.280. The van der Waals surface area contributed by atoms with Crippen LogP contribution in [0.4, 0.5) is 15.8 Å². The molecular weight excluding hydrogens is 355 g/mol. The zero-order valence-electron chi connectivity index (χ0n) is 11.4. The lowest BCUT2D eigenvalue weighted by Gasteiger charge is -2.18. The smallest absolute Gasteiger partial charge is 0.224 e. The summed E-state index contributed by atoms with van der Waals surface area (Å²) in [6.45, 7) is 2.59. The van der Waals surface area contributed by atoms with Crippen LogP contribution in [0.25, 0.3) is 0 Å². The molecule has 0 saturated carbocycles. The van der Waals surface area contributed by atoms with Gasteiger partial charge < -0.3 is 10.6 Å². The molecule has 3 nitrogen and oxygen atoms in total. The molecule has 0 fully saturated rings. The van der Waals surface area contributed by atoms with Crippen LogP contribution in [0.15, 0.2) is 22.7 Å². The number of hydrogen-bond acceptors (Lipinski definition) is 3. The highest BCUT2D eigenvalue weighted by molar-refractivity contribution is 9.10. The predicted octanol–water partition coefficient (Wildman–Crippen LogP) is 4.45. The number of fused-ring (bicyclic) bond motifs is 1. The lowest BCUT2D eigenvalue weighted by atomic mass is 10.0. The number of thiophene rings is 1. The van der Waals surface area contributed by atoms with Crippen molar-refractivity contribution in [2.24, 2.45) is 0 Å². The zero-order valence-corrected chi connectivity index (χ0v) is 13.8. The molecule has 21 heavy (non-hydrogen) atoms. The van der Waals surface area contributed by atoms with Crippen LogP contribution in [0.3, 0.4) is 0 Å². The Bertz CT molecular complexity index is 694. The molecule has 2 N–H and O–H groups in total. The Kier molecular flexibility index (Phi) is 3.99. The van der Waals surface area contributed by atoms with Crippen LogP contribution in [0, 0.1) is 12.7 Å². The van der Waals surface area contributed by atoms with Crippen LogP contribution >= 0.6 is 27.3 Å². The van der Waals surface area contributed by atoms with Crippen molar-refractivity contribution in [3.63, 3.8) is 0 Å². The first-order valence-corrected chi connectivity index (χ1v) is 8.25. The molecule has 110 valence electrons. The third-order valence-electron chi connectivity index (χ3n) is 3.45. The number of benzene rings is 1. The molecular formula is C15H14BrFN2OS. The Balaban J connectivity index is 1.79. The van der Waals surface area contributed by atoms with Crippen LogP contribution in [-0.4, -0.2) is 5.91 Å². The van der Waals surface area contributed by atoms with E-state index >= 15 is 0 Å². The van der Waals surface area contributed by atoms with Gasteiger partial charge in [0, 0.05) is 32.9 Å². The first-order chi connectivity index (χ1) is 10.0. The summed E-state index contributed by atoms with van der Waals surface area (Å²) in [6, 6.07) is 5.22. The van der Waals surface area contributed by atoms with E-state index in [-0.39, 0.29) is 11.7 Å². The average Bonchev–Trinajstić information content (AvgIpc) is 2.76. The predicted molar refractivity (Wildman–Crippen MR) is 87.4 cm³/mol. The molecule has 1 aromatic heterocycles. The van der Waals surface area contributed by atoms with Crippen LogP contribution in [-0.2, 0) is 17.8 Å². The number of anilines is 2. The lowest BCUT2D eigenvalue weighted by Crippen LogP contribution is -2.19. The fourth-order valence-electron chi connectivity index (χ4n) is 2.32. The molecule has 0 saturated heterocycles. The fraction of sp³-hybridized carbons (Fsp3) is 0.267. The van der Waals surface area contributed by atoms with Crippen molar-refractivity contribution in [1.82, 2.24) is 0 Å². The van der Waals surface area contributed by atoms with Crippen molar-refractivity contribution in [1.29, 1.82) is 0 Å². The second-order valence-corrected chi connectivity index (χ2v) is 7.20. The van der Waals surface area contributed by atoms with E-state index in [1.165, 1.54) is 10.9 Å². The van der Waals surface area contributed by atoms with Crippen molar-refractivity contribution in [2.45, 2.75) is 26.3 Å². The first-order valence-electron chi connectivity index (χ1n) is 6.64. The van der Waals surface area contributed by atoms with E-state index in [0.717, 1.165) is 14.9 Å². The SMILES string of the molecule is Cc1sc(CNc2cc3c(cc2F)CCC(=O)N3)cc1Br. The molecule has 1 aliphatic rings. The number of nitrogens with one attached hydrogen (secondary N) is 2. The van der Waals surface area contributed by atoms with Crippen molar-refractivity contribution in [3.8, 4) is 0 Å². The number of aryl methyl sites for hydroxylation is 2. The Morgan fingerprint density at radius 1 is 1.38 bits per heavy atom. The molecule has 3 rings (SSSR count). The molecule has 1 aromatic carbocycles. The minimum Gasteiger partial charge on any atom is -0.378 e. The van der Waals surface area contributed by atoms with E-state index in [9.17, 15) is 9.18 Å². The summed E-state index contributed by atoms with van der Waals surface area (Å²) in [5.41, 5.74) is 1.98. The normalized spacial score (nSPS) is 13.8. The van der Waals surface area contributed by atoms with Gasteiger partial charge in [0.2, 0.25) is 5.91 Å². The van der Waals surface area contributed by atoms with Gasteiger partial charge in [0.15, 0.2) is 0 Å². The highest BCUT2D eigenvalue weighted by Gasteiger charge is 2.17. The average molecular weight is 369 g/mol. The van der Waals surface area contributed by atoms with Gasteiger partial charge >= 0.3 is 0 Å². The maximum absolute atomic E-state index is 14.1. The molecule has 0 aliphatic carbocycles. The molecule has 2 aromatic rings. The third-order valence-corrected chi connectivity index (χ3v) is 5.59. The standard InChI is InChI=1S/C15H14BrFN2OS/c1-8-11(16)5-10(21-8)7-18-14-6-13-9(4-12(14)17)2-3-15(20)19-13/h4-6,18H,2-3,7H2,1H3,(H,19,20). The highest BCUT2D eigenvalue weighted by atomic mass is 79.9. The summed E-state index contributed by atoms with van der Waals surface area (Å²) in [6.07, 6.45) is 1.01. The number of carbonyl (C=O) groups excluding carboxylic acids is 1. The van der Waals surface area contributed by atoms with Crippen LogP contribution in [0.1, 0.15) is 21.7 Å². The topological polar surface area (TPSA) is 41.1 Å². The molecule has 0 unspecified atom stereocenters. The molecule has 2 heterocycles. The summed E-state index contributed by atoms with van der Waals surface area (Å²) in [7, 11) is 0. The maximum atomic E-state index is 14.1. The van der Waals surface area contributed by atoms with Gasteiger partial charge in [-0.25, -0.2) is 4.39 Å². The molecule has 0 spiro atoms. The quantitative estimate of drug-likeness (QED) is 0.839.